The molecule has 0 radical (unpaired) electrons. The number of fused-ring (bicyclic) bond motifs is 1. The molecule has 0 fully saturated rings. The minimum Gasteiger partial charge on any atom is -0.266 e. The second-order valence-corrected chi connectivity index (χ2v) is 5.56. The lowest BCUT2D eigenvalue weighted by Gasteiger charge is -2.01. The van der Waals surface area contributed by atoms with Crippen LogP contribution in [0.15, 0.2) is 70.2 Å². The predicted octanol–water partition coefficient (Wildman–Crippen LogP) is 3.76. The van der Waals surface area contributed by atoms with E-state index in [0.29, 0.717) is 5.69 Å². The van der Waals surface area contributed by atoms with Crippen LogP contribution in [0.3, 0.4) is 0 Å². The van der Waals surface area contributed by atoms with Gasteiger partial charge in [-0.25, -0.2) is 10.4 Å². The molecule has 0 aliphatic rings. The van der Waals surface area contributed by atoms with Gasteiger partial charge >= 0.3 is 0 Å². The summed E-state index contributed by atoms with van der Waals surface area (Å²) in [6, 6.07) is 18.8. The van der Waals surface area contributed by atoms with Gasteiger partial charge in [-0.3, -0.25) is 4.79 Å². The van der Waals surface area contributed by atoms with Gasteiger partial charge in [0, 0.05) is 9.86 Å². The number of rotatable bonds is 3. The van der Waals surface area contributed by atoms with Crippen LogP contribution >= 0.6 is 15.9 Å². The molecule has 108 valence electrons. The molecular weight excluding hydrogens is 342 g/mol. The maximum absolute atomic E-state index is 12.0. The summed E-state index contributed by atoms with van der Waals surface area (Å²) in [5, 5.41) is 4.95. The third-order valence-corrected chi connectivity index (χ3v) is 3.61. The Labute approximate surface area is 136 Å². The van der Waals surface area contributed by atoms with E-state index in [-0.39, 0.29) is 5.91 Å². The van der Waals surface area contributed by atoms with Crippen molar-refractivity contribution in [2.45, 2.75) is 0 Å². The van der Waals surface area contributed by atoms with Crippen LogP contribution in [0.1, 0.15) is 16.1 Å². The minimum atomic E-state index is -0.334. The van der Waals surface area contributed by atoms with Crippen molar-refractivity contribution in [3.8, 4) is 0 Å². The SMILES string of the molecule is O=C(N/N=C/c1ccc(Br)cc1)c1ccc2ccccc2n1. The highest BCUT2D eigenvalue weighted by molar-refractivity contribution is 9.10. The molecule has 3 aromatic rings. The van der Waals surface area contributed by atoms with E-state index in [1.807, 2.05) is 54.6 Å². The summed E-state index contributed by atoms with van der Waals surface area (Å²) < 4.78 is 0.994. The number of hydrazone groups is 1. The Hall–Kier alpha value is -2.53. The van der Waals surface area contributed by atoms with E-state index in [1.54, 1.807) is 12.3 Å². The summed E-state index contributed by atoms with van der Waals surface area (Å²) in [7, 11) is 0. The topological polar surface area (TPSA) is 54.4 Å². The Bertz CT molecular complexity index is 844. The van der Waals surface area contributed by atoms with E-state index >= 15 is 0 Å². The number of hydrogen-bond donors (Lipinski definition) is 1. The first-order valence-electron chi connectivity index (χ1n) is 6.67. The van der Waals surface area contributed by atoms with Gasteiger partial charge in [-0.2, -0.15) is 5.10 Å². The first-order chi connectivity index (χ1) is 10.7. The molecule has 1 amide bonds. The van der Waals surface area contributed by atoms with Crippen molar-refractivity contribution < 1.29 is 4.79 Å². The maximum atomic E-state index is 12.0. The smallest absolute Gasteiger partial charge is 0.266 e. The molecule has 0 unspecified atom stereocenters. The molecule has 1 N–H and O–H groups in total. The third kappa shape index (κ3) is 3.38. The molecule has 22 heavy (non-hydrogen) atoms. The van der Waals surface area contributed by atoms with Crippen LogP contribution in [0.25, 0.3) is 10.9 Å². The van der Waals surface area contributed by atoms with Crippen molar-refractivity contribution in [2.24, 2.45) is 5.10 Å². The Morgan fingerprint density at radius 1 is 1.05 bits per heavy atom. The van der Waals surface area contributed by atoms with Crippen LogP contribution in [0.2, 0.25) is 0 Å². The second-order valence-electron chi connectivity index (χ2n) is 4.64. The van der Waals surface area contributed by atoms with Crippen molar-refractivity contribution >= 4 is 39.0 Å². The number of nitrogens with zero attached hydrogens (tertiary/aromatic N) is 2. The van der Waals surface area contributed by atoms with E-state index in [2.05, 4.69) is 31.4 Å². The Kier molecular flexibility index (Phi) is 4.25. The zero-order valence-corrected chi connectivity index (χ0v) is 13.1. The number of aromatic nitrogens is 1. The fraction of sp³-hybridized carbons (Fsp3) is 0. The van der Waals surface area contributed by atoms with Gasteiger partial charge in [0.25, 0.3) is 5.91 Å². The number of para-hydroxylation sites is 1. The Morgan fingerprint density at radius 3 is 2.64 bits per heavy atom. The van der Waals surface area contributed by atoms with Crippen molar-refractivity contribution in [2.75, 3.05) is 0 Å². The average Bonchev–Trinajstić information content (AvgIpc) is 2.56. The van der Waals surface area contributed by atoms with Crippen LogP contribution in [-0.2, 0) is 0 Å². The van der Waals surface area contributed by atoms with Gasteiger partial charge in [-0.1, -0.05) is 52.3 Å². The van der Waals surface area contributed by atoms with E-state index in [9.17, 15) is 4.79 Å². The third-order valence-electron chi connectivity index (χ3n) is 3.08. The van der Waals surface area contributed by atoms with Crippen LogP contribution in [0.4, 0.5) is 0 Å². The predicted molar refractivity (Wildman–Crippen MR) is 90.9 cm³/mol. The Morgan fingerprint density at radius 2 is 1.82 bits per heavy atom. The quantitative estimate of drug-likeness (QED) is 0.575. The van der Waals surface area contributed by atoms with Crippen molar-refractivity contribution in [3.05, 3.63) is 76.4 Å². The highest BCUT2D eigenvalue weighted by Gasteiger charge is 2.06. The van der Waals surface area contributed by atoms with E-state index < -0.39 is 0 Å². The van der Waals surface area contributed by atoms with Crippen LogP contribution < -0.4 is 5.43 Å². The maximum Gasteiger partial charge on any atom is 0.289 e. The number of pyridine rings is 1. The van der Waals surface area contributed by atoms with E-state index in [0.717, 1.165) is 20.9 Å². The fourth-order valence-electron chi connectivity index (χ4n) is 1.96. The second kappa shape index (κ2) is 6.49. The number of carbonyl (C=O) groups is 1. The van der Waals surface area contributed by atoms with Crippen LogP contribution in [0.5, 0.6) is 0 Å². The zero-order valence-electron chi connectivity index (χ0n) is 11.5. The summed E-state index contributed by atoms with van der Waals surface area (Å²) in [6.07, 6.45) is 1.59. The standard InChI is InChI=1S/C17H12BrN3O/c18-14-8-5-12(6-9-14)11-19-21-17(22)16-10-7-13-3-1-2-4-15(13)20-16/h1-11H,(H,21,22)/b19-11+. The molecule has 1 aromatic heterocycles. The first-order valence-corrected chi connectivity index (χ1v) is 7.46. The van der Waals surface area contributed by atoms with E-state index in [1.165, 1.54) is 0 Å². The molecule has 0 aliphatic heterocycles. The van der Waals surface area contributed by atoms with Gasteiger partial charge in [-0.05, 0) is 29.8 Å². The molecule has 4 nitrogen and oxygen atoms in total. The summed E-state index contributed by atoms with van der Waals surface area (Å²) >= 11 is 3.36. The number of halogens is 1. The monoisotopic (exact) mass is 353 g/mol. The van der Waals surface area contributed by atoms with Gasteiger partial charge < -0.3 is 0 Å². The lowest BCUT2D eigenvalue weighted by molar-refractivity contribution is 0.0950. The number of amides is 1. The zero-order chi connectivity index (χ0) is 15.4. The number of nitrogens with one attached hydrogen (secondary N) is 1. The van der Waals surface area contributed by atoms with Crippen molar-refractivity contribution in [3.63, 3.8) is 0 Å². The first kappa shape index (κ1) is 14.4. The number of hydrogen-bond acceptors (Lipinski definition) is 3. The molecule has 2 aromatic carbocycles. The number of carbonyl (C=O) groups excluding carboxylic acids is 1. The summed E-state index contributed by atoms with van der Waals surface area (Å²) in [4.78, 5) is 16.4. The molecule has 0 saturated carbocycles. The molecule has 0 aliphatic carbocycles. The molecule has 0 spiro atoms. The summed E-state index contributed by atoms with van der Waals surface area (Å²) in [6.45, 7) is 0. The van der Waals surface area contributed by atoms with Gasteiger partial charge in [-0.15, -0.1) is 0 Å². The van der Waals surface area contributed by atoms with Gasteiger partial charge in [0.05, 0.1) is 11.7 Å². The molecule has 0 saturated heterocycles. The fourth-order valence-corrected chi connectivity index (χ4v) is 2.23. The largest absolute Gasteiger partial charge is 0.289 e. The normalized spacial score (nSPS) is 11.0. The molecule has 3 rings (SSSR count). The highest BCUT2D eigenvalue weighted by Crippen LogP contribution is 2.12. The Balaban J connectivity index is 1.71. The van der Waals surface area contributed by atoms with Crippen LogP contribution in [-0.4, -0.2) is 17.1 Å². The van der Waals surface area contributed by atoms with Crippen LogP contribution in [0, 0.1) is 0 Å². The summed E-state index contributed by atoms with van der Waals surface area (Å²) in [5.41, 5.74) is 4.50. The van der Waals surface area contributed by atoms with E-state index in [4.69, 9.17) is 0 Å². The summed E-state index contributed by atoms with van der Waals surface area (Å²) in [5.74, 6) is -0.334. The molecule has 1 heterocycles. The van der Waals surface area contributed by atoms with Crippen molar-refractivity contribution in [1.82, 2.24) is 10.4 Å². The molecule has 5 heteroatoms. The molecule has 0 atom stereocenters. The van der Waals surface area contributed by atoms with Gasteiger partial charge in [0.2, 0.25) is 0 Å². The van der Waals surface area contributed by atoms with Crippen molar-refractivity contribution in [1.29, 1.82) is 0 Å². The van der Waals surface area contributed by atoms with Gasteiger partial charge in [0.15, 0.2) is 0 Å². The average molecular weight is 354 g/mol. The number of benzene rings is 2. The molecular formula is C17H12BrN3O. The highest BCUT2D eigenvalue weighted by atomic mass is 79.9. The lowest BCUT2D eigenvalue weighted by atomic mass is 10.2. The van der Waals surface area contributed by atoms with Gasteiger partial charge in [0.1, 0.15) is 5.69 Å². The lowest BCUT2D eigenvalue weighted by Crippen LogP contribution is -2.18. The minimum absolute atomic E-state index is 0.334. The molecule has 0 bridgehead atoms.